The van der Waals surface area contributed by atoms with Crippen molar-refractivity contribution >= 4 is 28.8 Å². The lowest BCUT2D eigenvalue weighted by molar-refractivity contribution is 0.509. The Kier molecular flexibility index (Phi) is 3.82. The van der Waals surface area contributed by atoms with Crippen LogP contribution in [-0.4, -0.2) is 14.6 Å². The molecule has 0 aliphatic rings. The van der Waals surface area contributed by atoms with Crippen LogP contribution in [0.2, 0.25) is 5.02 Å². The van der Waals surface area contributed by atoms with Crippen molar-refractivity contribution in [1.82, 2.24) is 14.6 Å². The van der Waals surface area contributed by atoms with Gasteiger partial charge in [-0.1, -0.05) is 23.7 Å². The van der Waals surface area contributed by atoms with Crippen LogP contribution in [0.1, 0.15) is 5.56 Å². The van der Waals surface area contributed by atoms with Gasteiger partial charge in [-0.05, 0) is 30.3 Å². The molecule has 0 amide bonds. The minimum absolute atomic E-state index is 0.320. The minimum atomic E-state index is -0.983. The van der Waals surface area contributed by atoms with Crippen molar-refractivity contribution in [2.75, 3.05) is 5.32 Å². The van der Waals surface area contributed by atoms with Crippen LogP contribution in [0.4, 0.5) is 20.3 Å². The molecule has 0 bridgehead atoms. The van der Waals surface area contributed by atoms with Gasteiger partial charge in [0.1, 0.15) is 17.3 Å². The van der Waals surface area contributed by atoms with Crippen molar-refractivity contribution in [1.29, 1.82) is 5.26 Å². The number of H-pyrrole nitrogens is 1. The van der Waals surface area contributed by atoms with E-state index >= 15 is 0 Å². The summed E-state index contributed by atoms with van der Waals surface area (Å²) in [5.41, 5.74) is 2.00. The summed E-state index contributed by atoms with van der Waals surface area (Å²) in [4.78, 5) is 4.42. The summed E-state index contributed by atoms with van der Waals surface area (Å²) >= 11 is 6.20. The van der Waals surface area contributed by atoms with Crippen LogP contribution in [0.3, 0.4) is 0 Å². The number of aromatic nitrogens is 3. The Labute approximate surface area is 151 Å². The van der Waals surface area contributed by atoms with Gasteiger partial charge in [-0.25, -0.2) is 18.3 Å². The van der Waals surface area contributed by atoms with Gasteiger partial charge in [0.05, 0.1) is 10.7 Å². The SMILES string of the molecule is N#Cc1c[nH]n2c(Nc3ccccc3Cl)c(-c3ccc(F)c(F)c3)nc12. The molecule has 2 aromatic carbocycles. The summed E-state index contributed by atoms with van der Waals surface area (Å²) in [7, 11) is 0. The molecule has 0 saturated carbocycles. The molecule has 0 aliphatic carbocycles. The van der Waals surface area contributed by atoms with Gasteiger partial charge < -0.3 is 5.32 Å². The summed E-state index contributed by atoms with van der Waals surface area (Å²) in [6, 6.07) is 12.6. The molecule has 4 rings (SSSR count). The van der Waals surface area contributed by atoms with E-state index in [1.807, 2.05) is 6.07 Å². The van der Waals surface area contributed by atoms with E-state index in [2.05, 4.69) is 15.4 Å². The highest BCUT2D eigenvalue weighted by molar-refractivity contribution is 6.33. The molecule has 0 fully saturated rings. The van der Waals surface area contributed by atoms with Gasteiger partial charge in [-0.15, -0.1) is 0 Å². The van der Waals surface area contributed by atoms with Gasteiger partial charge in [0, 0.05) is 11.8 Å². The first-order chi connectivity index (χ1) is 12.6. The molecule has 0 saturated heterocycles. The standard InChI is InChI=1S/C18H10ClF2N5/c19-12-3-1-2-4-15(12)24-18-16(10-5-6-13(20)14(21)7-10)25-17-11(8-22)9-23-26(17)18/h1-7,9,23-24H. The molecule has 0 aliphatic heterocycles. The Morgan fingerprint density at radius 3 is 2.69 bits per heavy atom. The first-order valence-electron chi connectivity index (χ1n) is 7.55. The van der Waals surface area contributed by atoms with E-state index in [0.717, 1.165) is 12.1 Å². The van der Waals surface area contributed by atoms with Gasteiger partial charge in [-0.3, -0.25) is 5.10 Å². The number of para-hydroxylation sites is 1. The van der Waals surface area contributed by atoms with Gasteiger partial charge in [0.25, 0.3) is 0 Å². The maximum Gasteiger partial charge on any atom is 0.173 e. The van der Waals surface area contributed by atoms with Crippen LogP contribution < -0.4 is 5.32 Å². The molecule has 0 atom stereocenters. The summed E-state index contributed by atoms with van der Waals surface area (Å²) in [6.45, 7) is 0. The predicted molar refractivity (Wildman–Crippen MR) is 94.3 cm³/mol. The number of nitrogens with one attached hydrogen (secondary N) is 2. The predicted octanol–water partition coefficient (Wildman–Crippen LogP) is 4.88. The maximum absolute atomic E-state index is 13.7. The number of benzene rings is 2. The topological polar surface area (TPSA) is 68.9 Å². The van der Waals surface area contributed by atoms with Crippen LogP contribution in [-0.2, 0) is 0 Å². The Morgan fingerprint density at radius 1 is 1.15 bits per heavy atom. The van der Waals surface area contributed by atoms with Gasteiger partial charge in [-0.2, -0.15) is 5.26 Å². The first kappa shape index (κ1) is 16.1. The summed E-state index contributed by atoms with van der Waals surface area (Å²) in [6.07, 6.45) is 1.51. The normalized spacial score (nSPS) is 10.8. The molecular formula is C18H10ClF2N5. The van der Waals surface area contributed by atoms with Gasteiger partial charge in [0.2, 0.25) is 0 Å². The molecule has 2 N–H and O–H groups in total. The van der Waals surface area contributed by atoms with Crippen LogP contribution >= 0.6 is 11.6 Å². The third-order valence-corrected chi connectivity index (χ3v) is 4.23. The van der Waals surface area contributed by atoms with E-state index in [0.29, 0.717) is 39.0 Å². The zero-order valence-electron chi connectivity index (χ0n) is 13.1. The summed E-state index contributed by atoms with van der Waals surface area (Å²) in [5, 5.41) is 15.8. The third kappa shape index (κ3) is 2.57. The lowest BCUT2D eigenvalue weighted by atomic mass is 10.1. The zero-order valence-corrected chi connectivity index (χ0v) is 13.9. The quantitative estimate of drug-likeness (QED) is 0.541. The lowest BCUT2D eigenvalue weighted by Crippen LogP contribution is -1.98. The molecule has 0 spiro atoms. The van der Waals surface area contributed by atoms with Crippen LogP contribution in [0.5, 0.6) is 0 Å². The van der Waals surface area contributed by atoms with E-state index in [1.165, 1.54) is 12.3 Å². The van der Waals surface area contributed by atoms with Crippen molar-refractivity contribution in [2.45, 2.75) is 0 Å². The average molecular weight is 370 g/mol. The number of aromatic amines is 1. The highest BCUT2D eigenvalue weighted by Gasteiger charge is 2.20. The number of fused-ring (bicyclic) bond motifs is 1. The van der Waals surface area contributed by atoms with E-state index in [9.17, 15) is 14.0 Å². The third-order valence-electron chi connectivity index (χ3n) is 3.90. The Bertz CT molecular complexity index is 1170. The van der Waals surface area contributed by atoms with Crippen molar-refractivity contribution in [3.63, 3.8) is 0 Å². The number of hydrogen-bond donors (Lipinski definition) is 2. The van der Waals surface area contributed by atoms with Crippen LogP contribution in [0.15, 0.2) is 48.7 Å². The van der Waals surface area contributed by atoms with Crippen molar-refractivity contribution < 1.29 is 8.78 Å². The lowest BCUT2D eigenvalue weighted by Gasteiger charge is -2.09. The molecule has 2 aromatic heterocycles. The molecule has 0 radical (unpaired) electrons. The zero-order chi connectivity index (χ0) is 18.3. The molecule has 5 nitrogen and oxygen atoms in total. The number of hydrogen-bond acceptors (Lipinski definition) is 3. The number of nitriles is 1. The number of imidazole rings is 1. The minimum Gasteiger partial charge on any atom is -0.337 e. The number of halogens is 3. The average Bonchev–Trinajstić information content (AvgIpc) is 3.19. The second kappa shape index (κ2) is 6.17. The van der Waals surface area contributed by atoms with Crippen molar-refractivity contribution in [3.8, 4) is 17.3 Å². The summed E-state index contributed by atoms with van der Waals surface area (Å²) in [5.74, 6) is -1.49. The fraction of sp³-hybridized carbons (Fsp3) is 0. The van der Waals surface area contributed by atoms with Gasteiger partial charge in [0.15, 0.2) is 23.1 Å². The maximum atomic E-state index is 13.7. The van der Waals surface area contributed by atoms with E-state index in [4.69, 9.17) is 11.6 Å². The van der Waals surface area contributed by atoms with Crippen molar-refractivity contribution in [3.05, 3.63) is 70.9 Å². The van der Waals surface area contributed by atoms with E-state index in [-0.39, 0.29) is 0 Å². The number of anilines is 2. The second-order valence-electron chi connectivity index (χ2n) is 5.50. The smallest absolute Gasteiger partial charge is 0.173 e. The summed E-state index contributed by atoms with van der Waals surface area (Å²) < 4.78 is 28.6. The van der Waals surface area contributed by atoms with Crippen LogP contribution in [0, 0.1) is 23.0 Å². The van der Waals surface area contributed by atoms with E-state index < -0.39 is 11.6 Å². The monoisotopic (exact) mass is 369 g/mol. The Morgan fingerprint density at radius 2 is 1.96 bits per heavy atom. The Hall–Kier alpha value is -3.37. The first-order valence-corrected chi connectivity index (χ1v) is 7.93. The van der Waals surface area contributed by atoms with Crippen molar-refractivity contribution in [2.24, 2.45) is 0 Å². The van der Waals surface area contributed by atoms with Crippen LogP contribution in [0.25, 0.3) is 16.9 Å². The molecule has 2 heterocycles. The molecule has 4 aromatic rings. The number of nitrogens with zero attached hydrogens (tertiary/aromatic N) is 3. The second-order valence-corrected chi connectivity index (χ2v) is 5.91. The molecule has 0 unspecified atom stereocenters. The van der Waals surface area contributed by atoms with Gasteiger partial charge >= 0.3 is 0 Å². The fourth-order valence-corrected chi connectivity index (χ4v) is 2.84. The largest absolute Gasteiger partial charge is 0.337 e. The number of rotatable bonds is 3. The fourth-order valence-electron chi connectivity index (χ4n) is 2.65. The highest BCUT2D eigenvalue weighted by Crippen LogP contribution is 2.34. The highest BCUT2D eigenvalue weighted by atomic mass is 35.5. The molecule has 128 valence electrons. The molecule has 8 heteroatoms. The molecule has 26 heavy (non-hydrogen) atoms. The van der Waals surface area contributed by atoms with E-state index in [1.54, 1.807) is 28.8 Å². The molecular weight excluding hydrogens is 360 g/mol. The Balaban J connectivity index is 1.94.